The third-order valence-corrected chi connectivity index (χ3v) is 3.95. The number of benzene rings is 1. The van der Waals surface area contributed by atoms with Crippen molar-refractivity contribution in [3.05, 3.63) is 34.9 Å². The number of carboxylic acid groups (broad SMARTS) is 1. The third-order valence-electron chi connectivity index (χ3n) is 3.95. The predicted molar refractivity (Wildman–Crippen MR) is 81.4 cm³/mol. The van der Waals surface area contributed by atoms with Crippen LogP contribution in [0.5, 0.6) is 0 Å². The van der Waals surface area contributed by atoms with Crippen LogP contribution < -0.4 is 5.32 Å². The fraction of sp³-hybridized carbons (Fsp3) is 0.529. The SMILES string of the molecule is CC(C)C[C@H](NC(=O)c1cccc2c1CCCC2)C(=O)O. The largest absolute Gasteiger partial charge is 0.480 e. The summed E-state index contributed by atoms with van der Waals surface area (Å²) in [6.07, 6.45) is 4.59. The van der Waals surface area contributed by atoms with Crippen molar-refractivity contribution in [2.24, 2.45) is 5.92 Å². The monoisotopic (exact) mass is 289 g/mol. The molecular formula is C17H23NO3. The van der Waals surface area contributed by atoms with Crippen LogP contribution in [0.4, 0.5) is 0 Å². The molecule has 1 aliphatic carbocycles. The van der Waals surface area contributed by atoms with Gasteiger partial charge >= 0.3 is 5.97 Å². The molecule has 0 aliphatic heterocycles. The molecule has 0 unspecified atom stereocenters. The number of carboxylic acids is 1. The maximum absolute atomic E-state index is 12.4. The van der Waals surface area contributed by atoms with Crippen molar-refractivity contribution in [3.63, 3.8) is 0 Å². The number of hydrogen-bond acceptors (Lipinski definition) is 2. The zero-order valence-electron chi connectivity index (χ0n) is 12.7. The fourth-order valence-corrected chi connectivity index (χ4v) is 2.92. The van der Waals surface area contributed by atoms with E-state index in [9.17, 15) is 14.7 Å². The van der Waals surface area contributed by atoms with E-state index in [1.165, 1.54) is 5.56 Å². The van der Waals surface area contributed by atoms with Gasteiger partial charge in [-0.1, -0.05) is 26.0 Å². The maximum Gasteiger partial charge on any atom is 0.326 e. The van der Waals surface area contributed by atoms with E-state index in [0.717, 1.165) is 31.2 Å². The van der Waals surface area contributed by atoms with Gasteiger partial charge in [-0.2, -0.15) is 0 Å². The van der Waals surface area contributed by atoms with E-state index in [1.807, 2.05) is 19.9 Å². The number of carbonyl (C=O) groups is 2. The van der Waals surface area contributed by atoms with Crippen LogP contribution in [0.25, 0.3) is 0 Å². The number of rotatable bonds is 5. The molecule has 1 aromatic carbocycles. The summed E-state index contributed by atoms with van der Waals surface area (Å²) in [5.74, 6) is -1.01. The zero-order chi connectivity index (χ0) is 15.4. The Hall–Kier alpha value is -1.84. The fourth-order valence-electron chi connectivity index (χ4n) is 2.92. The Bertz CT molecular complexity index is 537. The topological polar surface area (TPSA) is 66.4 Å². The minimum Gasteiger partial charge on any atom is -0.480 e. The molecule has 0 saturated heterocycles. The summed E-state index contributed by atoms with van der Waals surface area (Å²) < 4.78 is 0. The molecule has 1 aromatic rings. The minimum absolute atomic E-state index is 0.219. The highest BCUT2D eigenvalue weighted by Crippen LogP contribution is 2.24. The number of aryl methyl sites for hydroxylation is 1. The lowest BCUT2D eigenvalue weighted by Gasteiger charge is -2.21. The normalized spacial score (nSPS) is 15.4. The molecule has 0 bridgehead atoms. The Morgan fingerprint density at radius 2 is 1.95 bits per heavy atom. The van der Waals surface area contributed by atoms with Gasteiger partial charge in [0.05, 0.1) is 0 Å². The smallest absolute Gasteiger partial charge is 0.326 e. The van der Waals surface area contributed by atoms with Gasteiger partial charge in [0.1, 0.15) is 6.04 Å². The molecule has 1 aliphatic rings. The van der Waals surface area contributed by atoms with Crippen LogP contribution in [0.15, 0.2) is 18.2 Å². The molecule has 4 heteroatoms. The molecule has 1 amide bonds. The Labute approximate surface area is 125 Å². The van der Waals surface area contributed by atoms with Crippen molar-refractivity contribution < 1.29 is 14.7 Å². The average molecular weight is 289 g/mol. The van der Waals surface area contributed by atoms with Gasteiger partial charge in [-0.05, 0) is 55.2 Å². The van der Waals surface area contributed by atoms with Gasteiger partial charge in [-0.25, -0.2) is 4.79 Å². The lowest BCUT2D eigenvalue weighted by molar-refractivity contribution is -0.139. The highest BCUT2D eigenvalue weighted by atomic mass is 16.4. The lowest BCUT2D eigenvalue weighted by atomic mass is 9.88. The summed E-state index contributed by atoms with van der Waals surface area (Å²) in [5.41, 5.74) is 2.96. The van der Waals surface area contributed by atoms with E-state index in [4.69, 9.17) is 0 Å². The molecule has 0 radical (unpaired) electrons. The van der Waals surface area contributed by atoms with Crippen molar-refractivity contribution >= 4 is 11.9 Å². The lowest BCUT2D eigenvalue weighted by Crippen LogP contribution is -2.42. The number of carbonyl (C=O) groups excluding carboxylic acids is 1. The third kappa shape index (κ3) is 3.84. The Kier molecular flexibility index (Phi) is 4.99. The first-order valence-corrected chi connectivity index (χ1v) is 7.63. The Morgan fingerprint density at radius 1 is 1.24 bits per heavy atom. The molecule has 1 atom stereocenters. The standard InChI is InChI=1S/C17H23NO3/c1-11(2)10-15(17(20)21)18-16(19)14-9-5-7-12-6-3-4-8-13(12)14/h5,7,9,11,15H,3-4,6,8,10H2,1-2H3,(H,18,19)(H,20,21)/t15-/m0/s1. The molecule has 0 aromatic heterocycles. The first kappa shape index (κ1) is 15.5. The number of aliphatic carboxylic acids is 1. The summed E-state index contributed by atoms with van der Waals surface area (Å²) in [4.78, 5) is 23.7. The van der Waals surface area contributed by atoms with Crippen LogP contribution in [0.1, 0.15) is 54.6 Å². The summed E-state index contributed by atoms with van der Waals surface area (Å²) >= 11 is 0. The van der Waals surface area contributed by atoms with Gasteiger partial charge in [-0.15, -0.1) is 0 Å². The van der Waals surface area contributed by atoms with Crippen molar-refractivity contribution in [1.29, 1.82) is 0 Å². The van der Waals surface area contributed by atoms with Crippen LogP contribution in [-0.4, -0.2) is 23.0 Å². The van der Waals surface area contributed by atoms with Crippen molar-refractivity contribution in [1.82, 2.24) is 5.32 Å². The molecule has 0 fully saturated rings. The van der Waals surface area contributed by atoms with Gasteiger partial charge in [0.15, 0.2) is 0 Å². The summed E-state index contributed by atoms with van der Waals surface area (Å²) in [6.45, 7) is 3.90. The molecule has 21 heavy (non-hydrogen) atoms. The Balaban J connectivity index is 2.18. The first-order chi connectivity index (χ1) is 9.99. The van der Waals surface area contributed by atoms with Gasteiger partial charge < -0.3 is 10.4 Å². The second-order valence-corrected chi connectivity index (χ2v) is 6.14. The number of nitrogens with one attached hydrogen (secondary N) is 1. The molecular weight excluding hydrogens is 266 g/mol. The van der Waals surface area contributed by atoms with Gasteiger partial charge in [0.2, 0.25) is 0 Å². The highest BCUT2D eigenvalue weighted by molar-refractivity contribution is 5.98. The molecule has 2 N–H and O–H groups in total. The van der Waals surface area contributed by atoms with E-state index in [1.54, 1.807) is 6.07 Å². The highest BCUT2D eigenvalue weighted by Gasteiger charge is 2.24. The Morgan fingerprint density at radius 3 is 2.62 bits per heavy atom. The zero-order valence-corrected chi connectivity index (χ0v) is 12.7. The van der Waals surface area contributed by atoms with Crippen LogP contribution in [0.3, 0.4) is 0 Å². The van der Waals surface area contributed by atoms with Crippen LogP contribution in [-0.2, 0) is 17.6 Å². The second-order valence-electron chi connectivity index (χ2n) is 6.14. The van der Waals surface area contributed by atoms with Crippen molar-refractivity contribution in [3.8, 4) is 0 Å². The number of fused-ring (bicyclic) bond motifs is 1. The van der Waals surface area contributed by atoms with E-state index < -0.39 is 12.0 Å². The van der Waals surface area contributed by atoms with Crippen molar-refractivity contribution in [2.75, 3.05) is 0 Å². The van der Waals surface area contributed by atoms with Crippen molar-refractivity contribution in [2.45, 2.75) is 52.0 Å². The van der Waals surface area contributed by atoms with E-state index >= 15 is 0 Å². The van der Waals surface area contributed by atoms with E-state index in [2.05, 4.69) is 11.4 Å². The van der Waals surface area contributed by atoms with Crippen LogP contribution in [0.2, 0.25) is 0 Å². The van der Waals surface area contributed by atoms with Gasteiger partial charge in [0.25, 0.3) is 5.91 Å². The molecule has 2 rings (SSSR count). The van der Waals surface area contributed by atoms with Crippen LogP contribution >= 0.6 is 0 Å². The molecule has 4 nitrogen and oxygen atoms in total. The summed E-state index contributed by atoms with van der Waals surface area (Å²) in [6, 6.07) is 4.93. The van der Waals surface area contributed by atoms with Gasteiger partial charge in [-0.3, -0.25) is 4.79 Å². The molecule has 0 saturated carbocycles. The first-order valence-electron chi connectivity index (χ1n) is 7.63. The maximum atomic E-state index is 12.4. The molecule has 0 heterocycles. The quantitative estimate of drug-likeness (QED) is 0.876. The number of amides is 1. The minimum atomic E-state index is -0.971. The summed E-state index contributed by atoms with van der Waals surface area (Å²) in [7, 11) is 0. The predicted octanol–water partition coefficient (Wildman–Crippen LogP) is 2.79. The number of hydrogen-bond donors (Lipinski definition) is 2. The summed E-state index contributed by atoms with van der Waals surface area (Å²) in [5, 5.41) is 11.9. The van der Waals surface area contributed by atoms with Gasteiger partial charge in [0, 0.05) is 5.56 Å². The second kappa shape index (κ2) is 6.74. The van der Waals surface area contributed by atoms with Crippen LogP contribution in [0, 0.1) is 5.92 Å². The van der Waals surface area contributed by atoms with E-state index in [0.29, 0.717) is 12.0 Å². The molecule has 114 valence electrons. The molecule has 0 spiro atoms. The average Bonchev–Trinajstić information content (AvgIpc) is 2.45. The van der Waals surface area contributed by atoms with E-state index in [-0.39, 0.29) is 11.8 Å².